The van der Waals surface area contributed by atoms with Crippen molar-refractivity contribution in [3.63, 3.8) is 0 Å². The summed E-state index contributed by atoms with van der Waals surface area (Å²) in [4.78, 5) is 15.2. The van der Waals surface area contributed by atoms with Crippen LogP contribution in [0.3, 0.4) is 0 Å². The molecular weight excluding hydrogens is 254 g/mol. The fourth-order valence-electron chi connectivity index (χ4n) is 1.69. The molecule has 5 nitrogen and oxygen atoms in total. The maximum absolute atomic E-state index is 11.0. The molecule has 0 radical (unpaired) electrons. The van der Waals surface area contributed by atoms with Gasteiger partial charge < -0.3 is 5.32 Å². The van der Waals surface area contributed by atoms with Crippen LogP contribution in [0.1, 0.15) is 11.3 Å². The molecule has 5 heteroatoms. The Hall–Kier alpha value is -2.66. The SMILES string of the molecule is O=C(C=Cc1ccccc1NCc1ccccn1)NO. The molecule has 0 bridgehead atoms. The molecule has 102 valence electrons. The second-order valence-corrected chi connectivity index (χ2v) is 4.07. The van der Waals surface area contributed by atoms with Crippen molar-refractivity contribution in [1.82, 2.24) is 10.5 Å². The summed E-state index contributed by atoms with van der Waals surface area (Å²) >= 11 is 0. The van der Waals surface area contributed by atoms with Gasteiger partial charge in [-0.05, 0) is 29.8 Å². The molecule has 1 heterocycles. The lowest BCUT2D eigenvalue weighted by molar-refractivity contribution is -0.124. The summed E-state index contributed by atoms with van der Waals surface area (Å²) in [5.41, 5.74) is 4.23. The number of anilines is 1. The first-order valence-electron chi connectivity index (χ1n) is 6.14. The largest absolute Gasteiger partial charge is 0.379 e. The van der Waals surface area contributed by atoms with Gasteiger partial charge in [0.25, 0.3) is 5.91 Å². The fraction of sp³-hybridized carbons (Fsp3) is 0.0667. The van der Waals surface area contributed by atoms with Crippen molar-refractivity contribution >= 4 is 17.7 Å². The van der Waals surface area contributed by atoms with E-state index in [0.29, 0.717) is 6.54 Å². The van der Waals surface area contributed by atoms with Crippen molar-refractivity contribution in [2.24, 2.45) is 0 Å². The molecule has 0 saturated carbocycles. The van der Waals surface area contributed by atoms with E-state index in [1.165, 1.54) is 6.08 Å². The number of carbonyl (C=O) groups is 1. The van der Waals surface area contributed by atoms with E-state index in [1.54, 1.807) is 17.8 Å². The van der Waals surface area contributed by atoms with Crippen molar-refractivity contribution in [3.8, 4) is 0 Å². The van der Waals surface area contributed by atoms with Crippen LogP contribution >= 0.6 is 0 Å². The number of nitrogens with zero attached hydrogens (tertiary/aromatic N) is 1. The van der Waals surface area contributed by atoms with Gasteiger partial charge in [0.2, 0.25) is 0 Å². The fourth-order valence-corrected chi connectivity index (χ4v) is 1.69. The highest BCUT2D eigenvalue weighted by molar-refractivity contribution is 5.91. The first-order valence-corrected chi connectivity index (χ1v) is 6.14. The smallest absolute Gasteiger partial charge is 0.267 e. The quantitative estimate of drug-likeness (QED) is 0.442. The molecule has 0 aliphatic carbocycles. The van der Waals surface area contributed by atoms with Crippen molar-refractivity contribution in [1.29, 1.82) is 0 Å². The Morgan fingerprint density at radius 1 is 1.20 bits per heavy atom. The summed E-state index contributed by atoms with van der Waals surface area (Å²) in [7, 11) is 0. The molecule has 1 amide bonds. The van der Waals surface area contributed by atoms with Crippen molar-refractivity contribution < 1.29 is 10.0 Å². The number of aromatic nitrogens is 1. The van der Waals surface area contributed by atoms with Crippen molar-refractivity contribution in [2.45, 2.75) is 6.54 Å². The summed E-state index contributed by atoms with van der Waals surface area (Å²) < 4.78 is 0. The molecule has 0 aliphatic rings. The number of para-hydroxylation sites is 1. The first kappa shape index (κ1) is 13.8. The Morgan fingerprint density at radius 2 is 2.00 bits per heavy atom. The van der Waals surface area contributed by atoms with E-state index in [0.717, 1.165) is 16.9 Å². The third-order valence-corrected chi connectivity index (χ3v) is 2.67. The Bertz CT molecular complexity index is 597. The van der Waals surface area contributed by atoms with Gasteiger partial charge in [0.05, 0.1) is 12.2 Å². The van der Waals surface area contributed by atoms with Gasteiger partial charge in [-0.15, -0.1) is 0 Å². The van der Waals surface area contributed by atoms with Gasteiger partial charge >= 0.3 is 0 Å². The number of hydroxylamine groups is 1. The van der Waals surface area contributed by atoms with Crippen LogP contribution in [0.4, 0.5) is 5.69 Å². The van der Waals surface area contributed by atoms with E-state index in [2.05, 4.69) is 10.3 Å². The van der Waals surface area contributed by atoms with E-state index in [9.17, 15) is 4.79 Å². The Kier molecular flexibility index (Phi) is 4.86. The summed E-state index contributed by atoms with van der Waals surface area (Å²) in [5.74, 6) is -0.565. The lowest BCUT2D eigenvalue weighted by Crippen LogP contribution is -2.14. The summed E-state index contributed by atoms with van der Waals surface area (Å²) in [5, 5.41) is 11.7. The summed E-state index contributed by atoms with van der Waals surface area (Å²) in [6, 6.07) is 13.3. The molecule has 1 aromatic carbocycles. The van der Waals surface area contributed by atoms with Crippen LogP contribution in [0.5, 0.6) is 0 Å². The van der Waals surface area contributed by atoms with Crippen LogP contribution < -0.4 is 10.8 Å². The molecule has 3 N–H and O–H groups in total. The molecule has 0 atom stereocenters. The summed E-state index contributed by atoms with van der Waals surface area (Å²) in [6.07, 6.45) is 4.64. The Morgan fingerprint density at radius 3 is 2.75 bits per heavy atom. The highest BCUT2D eigenvalue weighted by atomic mass is 16.5. The third kappa shape index (κ3) is 3.93. The van der Waals surface area contributed by atoms with Gasteiger partial charge in [0.1, 0.15) is 0 Å². The van der Waals surface area contributed by atoms with Crippen LogP contribution in [-0.2, 0) is 11.3 Å². The van der Waals surface area contributed by atoms with Crippen molar-refractivity contribution in [2.75, 3.05) is 5.32 Å². The zero-order chi connectivity index (χ0) is 14.2. The Labute approximate surface area is 116 Å². The molecule has 0 saturated heterocycles. The van der Waals surface area contributed by atoms with Crippen LogP contribution in [0.25, 0.3) is 6.08 Å². The predicted molar refractivity (Wildman–Crippen MR) is 77.0 cm³/mol. The number of benzene rings is 1. The minimum absolute atomic E-state index is 0.565. The molecule has 1 aromatic heterocycles. The number of nitrogens with one attached hydrogen (secondary N) is 2. The standard InChI is InChI=1S/C15H15N3O2/c19-15(18-20)9-8-12-5-1-2-7-14(12)17-11-13-6-3-4-10-16-13/h1-10,17,20H,11H2,(H,18,19). The van der Waals surface area contributed by atoms with Crippen LogP contribution in [-0.4, -0.2) is 16.1 Å². The number of rotatable bonds is 5. The molecule has 20 heavy (non-hydrogen) atoms. The lowest BCUT2D eigenvalue weighted by Gasteiger charge is -2.09. The van der Waals surface area contributed by atoms with Gasteiger partial charge in [-0.1, -0.05) is 24.3 Å². The number of amides is 1. The van der Waals surface area contributed by atoms with E-state index in [4.69, 9.17) is 5.21 Å². The number of hydrogen-bond donors (Lipinski definition) is 3. The minimum atomic E-state index is -0.565. The molecule has 2 aromatic rings. The molecular formula is C15H15N3O2. The average molecular weight is 269 g/mol. The lowest BCUT2D eigenvalue weighted by atomic mass is 10.1. The second-order valence-electron chi connectivity index (χ2n) is 4.07. The number of pyridine rings is 1. The van der Waals surface area contributed by atoms with Crippen LogP contribution in [0, 0.1) is 0 Å². The van der Waals surface area contributed by atoms with Gasteiger partial charge in [-0.2, -0.15) is 0 Å². The Balaban J connectivity index is 2.08. The van der Waals surface area contributed by atoms with Gasteiger partial charge in [0, 0.05) is 18.0 Å². The van der Waals surface area contributed by atoms with E-state index in [-0.39, 0.29) is 0 Å². The molecule has 0 spiro atoms. The van der Waals surface area contributed by atoms with Crippen LogP contribution in [0.2, 0.25) is 0 Å². The van der Waals surface area contributed by atoms with E-state index >= 15 is 0 Å². The van der Waals surface area contributed by atoms with E-state index in [1.807, 2.05) is 42.5 Å². The molecule has 0 unspecified atom stereocenters. The van der Waals surface area contributed by atoms with Gasteiger partial charge in [0.15, 0.2) is 0 Å². The third-order valence-electron chi connectivity index (χ3n) is 2.67. The first-order chi connectivity index (χ1) is 9.79. The van der Waals surface area contributed by atoms with Gasteiger partial charge in [-0.25, -0.2) is 5.48 Å². The van der Waals surface area contributed by atoms with Gasteiger partial charge in [-0.3, -0.25) is 15.0 Å². The second kappa shape index (κ2) is 7.06. The minimum Gasteiger partial charge on any atom is -0.379 e. The summed E-state index contributed by atoms with van der Waals surface area (Å²) in [6.45, 7) is 0.595. The topological polar surface area (TPSA) is 74.2 Å². The predicted octanol–water partition coefficient (Wildman–Crippen LogP) is 2.21. The van der Waals surface area contributed by atoms with E-state index < -0.39 is 5.91 Å². The highest BCUT2D eigenvalue weighted by Gasteiger charge is 2.00. The monoisotopic (exact) mass is 269 g/mol. The zero-order valence-corrected chi connectivity index (χ0v) is 10.8. The maximum atomic E-state index is 11.0. The van der Waals surface area contributed by atoms with Crippen LogP contribution in [0.15, 0.2) is 54.7 Å². The molecule has 0 aliphatic heterocycles. The number of carbonyl (C=O) groups excluding carboxylic acids is 1. The highest BCUT2D eigenvalue weighted by Crippen LogP contribution is 2.17. The molecule has 2 rings (SSSR count). The maximum Gasteiger partial charge on any atom is 0.267 e. The van der Waals surface area contributed by atoms with Crippen molar-refractivity contribution in [3.05, 3.63) is 66.0 Å². The average Bonchev–Trinajstić information content (AvgIpc) is 2.52. The number of hydrogen-bond acceptors (Lipinski definition) is 4. The normalized spacial score (nSPS) is 10.4. The zero-order valence-electron chi connectivity index (χ0n) is 10.8. The molecule has 0 fully saturated rings.